The molecular weight excluding hydrogens is 436 g/mol. The van der Waals surface area contributed by atoms with E-state index in [0.717, 1.165) is 12.1 Å². The average molecular weight is 457 g/mol. The topological polar surface area (TPSA) is 118 Å². The summed E-state index contributed by atoms with van der Waals surface area (Å²) in [6.07, 6.45) is 0.0686. The molecule has 0 unspecified atom stereocenters. The van der Waals surface area contributed by atoms with Gasteiger partial charge >= 0.3 is 6.09 Å². The van der Waals surface area contributed by atoms with Crippen LogP contribution in [0, 0.1) is 11.6 Å². The Hall–Kier alpha value is -4.08. The third-order valence-corrected chi connectivity index (χ3v) is 4.86. The number of carbonyl (C=O) groups is 3. The first-order chi connectivity index (χ1) is 15.7. The summed E-state index contributed by atoms with van der Waals surface area (Å²) in [7, 11) is 0. The molecule has 0 aliphatic carbocycles. The molecule has 3 N–H and O–H groups in total. The average Bonchev–Trinajstić information content (AvgIpc) is 2.77. The van der Waals surface area contributed by atoms with E-state index in [0.29, 0.717) is 23.3 Å². The SMILES string of the molecule is CCOc1nccc2c(C(=O)c3c(F)cc([C@@H](C)NC(=O)CNC(=O)O)cc3F)cccc12. The highest BCUT2D eigenvalue weighted by molar-refractivity contribution is 6.17. The molecule has 0 aliphatic rings. The summed E-state index contributed by atoms with van der Waals surface area (Å²) in [6.45, 7) is 3.10. The van der Waals surface area contributed by atoms with Crippen LogP contribution in [0.4, 0.5) is 13.6 Å². The van der Waals surface area contributed by atoms with Crippen molar-refractivity contribution in [1.82, 2.24) is 15.6 Å². The van der Waals surface area contributed by atoms with E-state index in [1.165, 1.54) is 19.2 Å². The van der Waals surface area contributed by atoms with Gasteiger partial charge in [0.05, 0.1) is 18.2 Å². The van der Waals surface area contributed by atoms with Crippen LogP contribution in [0.5, 0.6) is 5.88 Å². The third-order valence-electron chi connectivity index (χ3n) is 4.86. The highest BCUT2D eigenvalue weighted by atomic mass is 19.1. The van der Waals surface area contributed by atoms with Crippen molar-refractivity contribution in [1.29, 1.82) is 0 Å². The number of hydrogen-bond acceptors (Lipinski definition) is 5. The lowest BCUT2D eigenvalue weighted by atomic mass is 9.95. The zero-order valence-electron chi connectivity index (χ0n) is 17.8. The smallest absolute Gasteiger partial charge is 0.405 e. The standard InChI is InChI=1S/C23H21F2N3O5/c1-3-33-22-16-6-4-5-15(14(16)7-8-26-22)21(30)20-17(24)9-13(10-18(20)25)12(2)28-19(29)11-27-23(31)32/h4-10,12,27H,3,11H2,1-2H3,(H,28,29)(H,31,32)/t12-/m1/s1. The van der Waals surface area contributed by atoms with Crippen LogP contribution >= 0.6 is 0 Å². The highest BCUT2D eigenvalue weighted by Crippen LogP contribution is 2.29. The number of pyridine rings is 1. The van der Waals surface area contributed by atoms with Gasteiger partial charge in [0, 0.05) is 17.1 Å². The van der Waals surface area contributed by atoms with Crippen molar-refractivity contribution in [2.75, 3.05) is 13.2 Å². The van der Waals surface area contributed by atoms with Crippen molar-refractivity contribution in [3.05, 3.63) is 70.9 Å². The summed E-state index contributed by atoms with van der Waals surface area (Å²) in [5.74, 6) is -3.40. The molecule has 0 aliphatic heterocycles. The Morgan fingerprint density at radius 2 is 1.82 bits per heavy atom. The Kier molecular flexibility index (Phi) is 7.17. The normalized spacial score (nSPS) is 11.6. The number of rotatable bonds is 8. The van der Waals surface area contributed by atoms with Crippen molar-refractivity contribution >= 4 is 28.6 Å². The first-order valence-corrected chi connectivity index (χ1v) is 10.0. The molecule has 8 nitrogen and oxygen atoms in total. The minimum absolute atomic E-state index is 0.0750. The molecule has 0 radical (unpaired) electrons. The van der Waals surface area contributed by atoms with E-state index in [1.807, 2.05) is 5.32 Å². The molecule has 0 fully saturated rings. The maximum atomic E-state index is 14.9. The molecule has 0 spiro atoms. The fourth-order valence-electron chi connectivity index (χ4n) is 3.36. The summed E-state index contributed by atoms with van der Waals surface area (Å²) in [6, 6.07) is 7.40. The number of carbonyl (C=O) groups excluding carboxylic acids is 2. The number of nitrogens with zero attached hydrogens (tertiary/aromatic N) is 1. The van der Waals surface area contributed by atoms with E-state index in [4.69, 9.17) is 9.84 Å². The first kappa shape index (κ1) is 23.6. The number of aromatic nitrogens is 1. The van der Waals surface area contributed by atoms with E-state index >= 15 is 0 Å². The Labute approximate surface area is 187 Å². The van der Waals surface area contributed by atoms with Crippen LogP contribution in [-0.4, -0.2) is 41.0 Å². The third kappa shape index (κ3) is 5.22. The molecular formula is C23H21F2N3O5. The summed E-state index contributed by atoms with van der Waals surface area (Å²) in [4.78, 5) is 39.5. The molecule has 3 rings (SSSR count). The van der Waals surface area contributed by atoms with Crippen molar-refractivity contribution in [2.24, 2.45) is 0 Å². The quantitative estimate of drug-likeness (QED) is 0.445. The van der Waals surface area contributed by atoms with Crippen LogP contribution in [0.1, 0.15) is 41.4 Å². The fraction of sp³-hybridized carbons (Fsp3) is 0.217. The second kappa shape index (κ2) is 10.0. The zero-order chi connectivity index (χ0) is 24.1. The second-order valence-corrected chi connectivity index (χ2v) is 7.09. The van der Waals surface area contributed by atoms with Crippen LogP contribution in [-0.2, 0) is 4.79 Å². The van der Waals surface area contributed by atoms with Crippen LogP contribution in [0.2, 0.25) is 0 Å². The number of halogens is 2. The molecule has 0 bridgehead atoms. The Bertz CT molecular complexity index is 1210. The Morgan fingerprint density at radius 3 is 2.45 bits per heavy atom. The van der Waals surface area contributed by atoms with Gasteiger partial charge in [0.15, 0.2) is 5.78 Å². The van der Waals surface area contributed by atoms with Crippen molar-refractivity contribution in [2.45, 2.75) is 19.9 Å². The lowest BCUT2D eigenvalue weighted by Gasteiger charge is -2.16. The van der Waals surface area contributed by atoms with Gasteiger partial charge in [-0.1, -0.05) is 12.1 Å². The summed E-state index contributed by atoms with van der Waals surface area (Å²) >= 11 is 0. The van der Waals surface area contributed by atoms with Gasteiger partial charge in [-0.15, -0.1) is 0 Å². The van der Waals surface area contributed by atoms with E-state index in [1.54, 1.807) is 25.1 Å². The Morgan fingerprint density at radius 1 is 1.12 bits per heavy atom. The fourth-order valence-corrected chi connectivity index (χ4v) is 3.36. The van der Waals surface area contributed by atoms with Gasteiger partial charge < -0.3 is 20.5 Å². The molecule has 10 heteroatoms. The molecule has 172 valence electrons. The van der Waals surface area contributed by atoms with Gasteiger partial charge in [-0.3, -0.25) is 9.59 Å². The molecule has 0 saturated carbocycles. The molecule has 2 aromatic carbocycles. The van der Waals surface area contributed by atoms with Crippen LogP contribution in [0.3, 0.4) is 0 Å². The predicted octanol–water partition coefficient (Wildman–Crippen LogP) is 3.59. The zero-order valence-corrected chi connectivity index (χ0v) is 17.8. The largest absolute Gasteiger partial charge is 0.478 e. The van der Waals surface area contributed by atoms with E-state index in [-0.39, 0.29) is 11.1 Å². The molecule has 2 amide bonds. The lowest BCUT2D eigenvalue weighted by molar-refractivity contribution is -0.120. The minimum Gasteiger partial charge on any atom is -0.478 e. The second-order valence-electron chi connectivity index (χ2n) is 7.09. The number of fused-ring (bicyclic) bond motifs is 1. The Balaban J connectivity index is 1.92. The first-order valence-electron chi connectivity index (χ1n) is 10.0. The van der Waals surface area contributed by atoms with Gasteiger partial charge in [0.2, 0.25) is 11.8 Å². The van der Waals surface area contributed by atoms with E-state index in [2.05, 4.69) is 10.3 Å². The van der Waals surface area contributed by atoms with Crippen molar-refractivity contribution in [3.63, 3.8) is 0 Å². The van der Waals surface area contributed by atoms with Crippen molar-refractivity contribution in [3.8, 4) is 5.88 Å². The predicted molar refractivity (Wildman–Crippen MR) is 115 cm³/mol. The minimum atomic E-state index is -1.38. The molecule has 0 saturated heterocycles. The van der Waals surface area contributed by atoms with Crippen LogP contribution in [0.25, 0.3) is 10.8 Å². The molecule has 1 aromatic heterocycles. The van der Waals surface area contributed by atoms with Crippen LogP contribution < -0.4 is 15.4 Å². The number of amides is 2. The molecule has 33 heavy (non-hydrogen) atoms. The van der Waals surface area contributed by atoms with Crippen molar-refractivity contribution < 1.29 is 33.0 Å². The van der Waals surface area contributed by atoms with Gasteiger partial charge in [-0.25, -0.2) is 18.6 Å². The number of carboxylic acid groups (broad SMARTS) is 1. The maximum Gasteiger partial charge on any atom is 0.405 e. The molecule has 1 heterocycles. The number of nitrogens with one attached hydrogen (secondary N) is 2. The van der Waals surface area contributed by atoms with E-state index in [9.17, 15) is 23.2 Å². The number of ketones is 1. The van der Waals surface area contributed by atoms with Gasteiger partial charge in [0.25, 0.3) is 0 Å². The lowest BCUT2D eigenvalue weighted by Crippen LogP contribution is -2.37. The molecule has 3 aromatic rings. The van der Waals surface area contributed by atoms with E-state index < -0.39 is 47.6 Å². The number of hydrogen-bond donors (Lipinski definition) is 3. The summed E-state index contributed by atoms with van der Waals surface area (Å²) in [5, 5.41) is 13.8. The van der Waals surface area contributed by atoms with Crippen LogP contribution in [0.15, 0.2) is 42.6 Å². The highest BCUT2D eigenvalue weighted by Gasteiger charge is 2.24. The number of benzene rings is 2. The van der Waals surface area contributed by atoms with Gasteiger partial charge in [0.1, 0.15) is 18.2 Å². The van der Waals surface area contributed by atoms with Gasteiger partial charge in [-0.05, 0) is 49.1 Å². The monoisotopic (exact) mass is 457 g/mol. The number of ether oxygens (including phenoxy) is 1. The maximum absolute atomic E-state index is 14.9. The van der Waals surface area contributed by atoms with Gasteiger partial charge in [-0.2, -0.15) is 0 Å². The summed E-state index contributed by atoms with van der Waals surface area (Å²) < 4.78 is 35.3. The molecule has 1 atom stereocenters. The summed E-state index contributed by atoms with van der Waals surface area (Å²) in [5.41, 5.74) is -0.569.